The van der Waals surface area contributed by atoms with Crippen molar-refractivity contribution < 1.29 is 10.2 Å². The minimum Gasteiger partial charge on any atom is -0.508 e. The quantitative estimate of drug-likeness (QED) is 0.707. The first-order chi connectivity index (χ1) is 6.74. The molecular weight excluding hydrogens is 176 g/mol. The third-order valence-electron chi connectivity index (χ3n) is 2.36. The molecule has 0 aliphatic carbocycles. The van der Waals surface area contributed by atoms with E-state index in [1.165, 1.54) is 6.42 Å². The first-order valence-corrected chi connectivity index (χ1v) is 5.21. The van der Waals surface area contributed by atoms with Crippen molar-refractivity contribution in [1.29, 1.82) is 0 Å². The van der Waals surface area contributed by atoms with Crippen LogP contribution in [0.25, 0.3) is 0 Å². The zero-order valence-electron chi connectivity index (χ0n) is 8.61. The van der Waals surface area contributed by atoms with Crippen LogP contribution in [0.15, 0.2) is 24.3 Å². The Morgan fingerprint density at radius 3 is 2.36 bits per heavy atom. The summed E-state index contributed by atoms with van der Waals surface area (Å²) in [4.78, 5) is 0. The van der Waals surface area contributed by atoms with Crippen molar-refractivity contribution in [3.05, 3.63) is 29.8 Å². The van der Waals surface area contributed by atoms with Crippen LogP contribution in [0.2, 0.25) is 0 Å². The van der Waals surface area contributed by atoms with Gasteiger partial charge in [-0.2, -0.15) is 0 Å². The number of unbranched alkanes of at least 4 members (excludes halogenated alkanes) is 2. The predicted octanol–water partition coefficient (Wildman–Crippen LogP) is 3.01. The van der Waals surface area contributed by atoms with Crippen molar-refractivity contribution >= 4 is 0 Å². The van der Waals surface area contributed by atoms with Crippen LogP contribution in [0.3, 0.4) is 0 Å². The molecular formula is C12H18O2. The highest BCUT2D eigenvalue weighted by Gasteiger charge is 2.06. The second kappa shape index (κ2) is 5.66. The van der Waals surface area contributed by atoms with Crippen LogP contribution >= 0.6 is 0 Å². The van der Waals surface area contributed by atoms with E-state index in [0.29, 0.717) is 0 Å². The second-order valence-corrected chi connectivity index (χ2v) is 3.60. The van der Waals surface area contributed by atoms with Gasteiger partial charge in [0.2, 0.25) is 0 Å². The molecule has 2 nitrogen and oxygen atoms in total. The maximum Gasteiger partial charge on any atom is 0.115 e. The molecule has 0 heterocycles. The van der Waals surface area contributed by atoms with E-state index in [1.54, 1.807) is 24.3 Å². The van der Waals surface area contributed by atoms with Gasteiger partial charge in [0.05, 0.1) is 6.10 Å². The van der Waals surface area contributed by atoms with Gasteiger partial charge in [0.1, 0.15) is 5.75 Å². The Morgan fingerprint density at radius 1 is 1.14 bits per heavy atom. The van der Waals surface area contributed by atoms with E-state index in [-0.39, 0.29) is 11.9 Å². The maximum absolute atomic E-state index is 9.76. The van der Waals surface area contributed by atoms with Crippen LogP contribution in [0, 0.1) is 0 Å². The minimum atomic E-state index is -0.387. The Morgan fingerprint density at radius 2 is 1.79 bits per heavy atom. The molecule has 0 amide bonds. The van der Waals surface area contributed by atoms with Crippen molar-refractivity contribution in [3.63, 3.8) is 0 Å². The Hall–Kier alpha value is -1.02. The second-order valence-electron chi connectivity index (χ2n) is 3.60. The van der Waals surface area contributed by atoms with Crippen molar-refractivity contribution in [2.75, 3.05) is 0 Å². The molecule has 0 bridgehead atoms. The van der Waals surface area contributed by atoms with Crippen molar-refractivity contribution in [3.8, 4) is 5.75 Å². The van der Waals surface area contributed by atoms with E-state index in [4.69, 9.17) is 5.11 Å². The molecule has 0 aliphatic heterocycles. The molecule has 2 N–H and O–H groups in total. The number of phenolic OH excluding ortho intramolecular Hbond substituents is 1. The molecule has 0 saturated heterocycles. The third kappa shape index (κ3) is 3.38. The predicted molar refractivity (Wildman–Crippen MR) is 57.2 cm³/mol. The van der Waals surface area contributed by atoms with Crippen molar-refractivity contribution in [2.24, 2.45) is 0 Å². The lowest BCUT2D eigenvalue weighted by molar-refractivity contribution is 0.163. The van der Waals surface area contributed by atoms with Gasteiger partial charge in [-0.15, -0.1) is 0 Å². The van der Waals surface area contributed by atoms with Gasteiger partial charge in [0.25, 0.3) is 0 Å². The average molecular weight is 194 g/mol. The topological polar surface area (TPSA) is 40.5 Å². The Bertz CT molecular complexity index is 254. The molecule has 78 valence electrons. The standard InChI is InChI=1S/C12H18O2/c1-2-3-4-5-12(14)10-6-8-11(13)9-7-10/h6-9,12-14H,2-5H2,1H3. The lowest BCUT2D eigenvalue weighted by atomic mass is 10.0. The zero-order chi connectivity index (χ0) is 10.4. The zero-order valence-corrected chi connectivity index (χ0v) is 8.61. The van der Waals surface area contributed by atoms with E-state index in [2.05, 4.69) is 6.92 Å². The highest BCUT2D eigenvalue weighted by Crippen LogP contribution is 2.21. The fraction of sp³-hybridized carbons (Fsp3) is 0.500. The molecule has 0 aromatic heterocycles. The van der Waals surface area contributed by atoms with Gasteiger partial charge in [-0.1, -0.05) is 38.3 Å². The molecule has 1 aromatic carbocycles. The summed E-state index contributed by atoms with van der Waals surface area (Å²) in [6.07, 6.45) is 3.80. The summed E-state index contributed by atoms with van der Waals surface area (Å²) in [6, 6.07) is 6.76. The van der Waals surface area contributed by atoms with Crippen LogP contribution in [0.1, 0.15) is 44.3 Å². The van der Waals surface area contributed by atoms with Crippen LogP contribution in [0.5, 0.6) is 5.75 Å². The van der Waals surface area contributed by atoms with Gasteiger partial charge in [0.15, 0.2) is 0 Å². The van der Waals surface area contributed by atoms with E-state index in [1.807, 2.05) is 0 Å². The smallest absolute Gasteiger partial charge is 0.115 e. The summed E-state index contributed by atoms with van der Waals surface area (Å²) >= 11 is 0. The Labute approximate surface area is 85.2 Å². The van der Waals surface area contributed by atoms with Gasteiger partial charge >= 0.3 is 0 Å². The average Bonchev–Trinajstić information content (AvgIpc) is 2.19. The van der Waals surface area contributed by atoms with E-state index >= 15 is 0 Å². The Balaban J connectivity index is 2.43. The normalized spacial score (nSPS) is 12.7. The molecule has 1 unspecified atom stereocenters. The fourth-order valence-corrected chi connectivity index (χ4v) is 1.45. The number of aliphatic hydroxyl groups is 1. The lowest BCUT2D eigenvalue weighted by Crippen LogP contribution is -1.96. The first-order valence-electron chi connectivity index (χ1n) is 5.21. The van der Waals surface area contributed by atoms with Gasteiger partial charge in [-0.05, 0) is 24.1 Å². The summed E-state index contributed by atoms with van der Waals surface area (Å²) in [5.41, 5.74) is 0.888. The molecule has 0 radical (unpaired) electrons. The minimum absolute atomic E-state index is 0.245. The molecule has 1 aromatic rings. The number of hydrogen-bond donors (Lipinski definition) is 2. The first kappa shape index (κ1) is 11.1. The maximum atomic E-state index is 9.76. The highest BCUT2D eigenvalue weighted by molar-refractivity contribution is 5.27. The molecule has 0 spiro atoms. The summed E-state index contributed by atoms with van der Waals surface area (Å²) in [5.74, 6) is 0.245. The number of hydrogen-bond acceptors (Lipinski definition) is 2. The lowest BCUT2D eigenvalue weighted by Gasteiger charge is -2.10. The van der Waals surface area contributed by atoms with E-state index in [0.717, 1.165) is 24.8 Å². The largest absolute Gasteiger partial charge is 0.508 e. The molecule has 0 aliphatic rings. The van der Waals surface area contributed by atoms with E-state index in [9.17, 15) is 5.11 Å². The molecule has 1 atom stereocenters. The molecule has 1 rings (SSSR count). The fourth-order valence-electron chi connectivity index (χ4n) is 1.45. The molecule has 14 heavy (non-hydrogen) atoms. The van der Waals surface area contributed by atoms with E-state index < -0.39 is 0 Å². The van der Waals surface area contributed by atoms with Gasteiger partial charge in [0, 0.05) is 0 Å². The molecule has 0 fully saturated rings. The summed E-state index contributed by atoms with van der Waals surface area (Å²) in [5, 5.41) is 18.8. The van der Waals surface area contributed by atoms with Gasteiger partial charge in [-0.25, -0.2) is 0 Å². The Kier molecular flexibility index (Phi) is 4.47. The monoisotopic (exact) mass is 194 g/mol. The number of benzene rings is 1. The van der Waals surface area contributed by atoms with Crippen LogP contribution in [-0.4, -0.2) is 10.2 Å². The molecule has 2 heteroatoms. The van der Waals surface area contributed by atoms with Gasteiger partial charge in [-0.3, -0.25) is 0 Å². The van der Waals surface area contributed by atoms with Crippen LogP contribution < -0.4 is 0 Å². The van der Waals surface area contributed by atoms with Gasteiger partial charge < -0.3 is 10.2 Å². The summed E-state index contributed by atoms with van der Waals surface area (Å²) in [7, 11) is 0. The van der Waals surface area contributed by atoms with Crippen LogP contribution in [-0.2, 0) is 0 Å². The SMILES string of the molecule is CCCCCC(O)c1ccc(O)cc1. The van der Waals surface area contributed by atoms with Crippen molar-refractivity contribution in [1.82, 2.24) is 0 Å². The van der Waals surface area contributed by atoms with Crippen molar-refractivity contribution in [2.45, 2.75) is 38.7 Å². The number of phenols is 1. The number of aliphatic hydroxyl groups excluding tert-OH is 1. The molecule has 0 saturated carbocycles. The highest BCUT2D eigenvalue weighted by atomic mass is 16.3. The summed E-state index contributed by atoms with van der Waals surface area (Å²) in [6.45, 7) is 2.15. The summed E-state index contributed by atoms with van der Waals surface area (Å²) < 4.78 is 0. The number of aromatic hydroxyl groups is 1. The number of rotatable bonds is 5. The third-order valence-corrected chi connectivity index (χ3v) is 2.36. The van der Waals surface area contributed by atoms with Crippen LogP contribution in [0.4, 0.5) is 0 Å².